The summed E-state index contributed by atoms with van der Waals surface area (Å²) in [6.45, 7) is -0.944. The van der Waals surface area contributed by atoms with Crippen molar-refractivity contribution in [3.63, 3.8) is 0 Å². The Hall–Kier alpha value is 2.41. The Bertz CT molecular complexity index is 84.4. The van der Waals surface area contributed by atoms with Crippen LogP contribution in [0.25, 0.3) is 0 Å². The van der Waals surface area contributed by atoms with Crippen LogP contribution in [0.5, 0.6) is 0 Å². The molecule has 0 saturated carbocycles. The Labute approximate surface area is 89.6 Å². The molecule has 0 aromatic heterocycles. The summed E-state index contributed by atoms with van der Waals surface area (Å²) in [6.07, 6.45) is 0. The average Bonchev–Trinajstić information content (AvgIpc) is 1.59. The van der Waals surface area contributed by atoms with E-state index in [1.54, 1.807) is 0 Å². The van der Waals surface area contributed by atoms with Gasteiger partial charge in [0.05, 0.1) is 6.61 Å². The van der Waals surface area contributed by atoms with E-state index in [1.807, 2.05) is 0 Å². The summed E-state index contributed by atoms with van der Waals surface area (Å²) < 4.78 is 4.46. The molecule has 0 N–H and O–H groups in total. The van der Waals surface area contributed by atoms with Gasteiger partial charge < -0.3 is 4.52 Å². The zero-order valence-electron chi connectivity index (χ0n) is 3.95. The minimum Gasteiger partial charge on any atom is -0.328 e. The predicted molar refractivity (Wildman–Crippen MR) is 54.1 cm³/mol. The topological polar surface area (TPSA) is 9.23 Å². The lowest BCUT2D eigenvalue weighted by molar-refractivity contribution is 0.387. The lowest BCUT2D eigenvalue weighted by Crippen LogP contribution is -2.06. The first-order valence-corrected chi connectivity index (χ1v) is 7.18. The molecule has 0 bridgehead atoms. The second-order valence-electron chi connectivity index (χ2n) is 1.09. The average molecular weight is 384 g/mol. The van der Waals surface area contributed by atoms with Crippen molar-refractivity contribution in [2.45, 2.75) is 2.14 Å². The van der Waals surface area contributed by atoms with Gasteiger partial charge in [-0.2, -0.15) is 0 Å². The first-order chi connectivity index (χ1) is 3.92. The van der Waals surface area contributed by atoms with Gasteiger partial charge in [0.15, 0.2) is 2.14 Å². The fourth-order valence-corrected chi connectivity index (χ4v) is 1.58. The molecule has 0 aromatic carbocycles. The molecule has 56 valence electrons. The minimum atomic E-state index is -1.31. The molecule has 0 heterocycles. The zero-order chi connectivity index (χ0) is 7.49. The molecule has 0 radical (unpaired) electrons. The van der Waals surface area contributed by atoms with Crippen LogP contribution < -0.4 is 0 Å². The van der Waals surface area contributed by atoms with Crippen molar-refractivity contribution in [3.05, 3.63) is 0 Å². The van der Waals surface area contributed by atoms with Gasteiger partial charge in [-0.3, -0.25) is 0 Å². The summed E-state index contributed by atoms with van der Waals surface area (Å²) >= 11 is 20.3. The van der Waals surface area contributed by atoms with Crippen molar-refractivity contribution in [2.75, 3.05) is 6.61 Å². The van der Waals surface area contributed by atoms with Crippen molar-refractivity contribution in [2.24, 2.45) is 0 Å². The largest absolute Gasteiger partial charge is 0.328 e. The van der Waals surface area contributed by atoms with Gasteiger partial charge in [-0.1, -0.05) is 47.8 Å². The molecule has 0 aliphatic carbocycles. The van der Waals surface area contributed by atoms with E-state index in [-0.39, 0.29) is 0 Å². The van der Waals surface area contributed by atoms with Crippen molar-refractivity contribution in [1.82, 2.24) is 0 Å². The van der Waals surface area contributed by atoms with E-state index in [2.05, 4.69) is 47.8 Å². The Morgan fingerprint density at radius 2 is 1.78 bits per heavy atom. The lowest BCUT2D eigenvalue weighted by atomic mass is 10.9. The summed E-state index contributed by atoms with van der Waals surface area (Å²) in [7, 11) is 0. The second-order valence-corrected chi connectivity index (χ2v) is 11.4. The lowest BCUT2D eigenvalue weighted by Gasteiger charge is -2.11. The molecule has 0 spiro atoms. The molecule has 0 fully saturated rings. The highest BCUT2D eigenvalue weighted by Gasteiger charge is 2.19. The van der Waals surface area contributed by atoms with Crippen LogP contribution in [0, 0.1) is 0 Å². The molecule has 9 heavy (non-hydrogen) atoms. The Balaban J connectivity index is 3.28. The van der Waals surface area contributed by atoms with Crippen molar-refractivity contribution in [1.29, 1.82) is 0 Å². The zero-order valence-corrected chi connectivity index (χ0v) is 11.1. The number of hydrogen-bond acceptors (Lipinski definition) is 1. The maximum Gasteiger partial charge on any atom is 0.225 e. The van der Waals surface area contributed by atoms with Crippen LogP contribution in [0.2, 0.25) is 0 Å². The Morgan fingerprint density at radius 1 is 1.33 bits per heavy atom. The van der Waals surface area contributed by atoms with Gasteiger partial charge in [0.25, 0.3) is 0 Å². The smallest absolute Gasteiger partial charge is 0.225 e. The first-order valence-electron chi connectivity index (χ1n) is 1.73. The van der Waals surface area contributed by atoms with E-state index >= 15 is 0 Å². The summed E-state index contributed by atoms with van der Waals surface area (Å²) in [5.74, 6) is 0. The van der Waals surface area contributed by atoms with Crippen LogP contribution in [0.4, 0.5) is 0 Å². The normalized spacial score (nSPS) is 12.7. The van der Waals surface area contributed by atoms with E-state index in [0.717, 1.165) is 0 Å². The third-order valence-corrected chi connectivity index (χ3v) is 1.92. The van der Waals surface area contributed by atoms with Crippen LogP contribution in [0.1, 0.15) is 0 Å². The second kappa shape index (κ2) is 5.13. The Morgan fingerprint density at radius 3 is 1.89 bits per heavy atom. The minimum absolute atomic E-state index is 0.367. The molecule has 0 rings (SSSR count). The fourth-order valence-electron chi connectivity index (χ4n) is 0.122. The standard InChI is InChI=1S/C2H2Br3Cl2OP/c3-2(4,5)1-8-9(6)7/h1H2. The van der Waals surface area contributed by atoms with Crippen molar-refractivity contribution < 1.29 is 4.52 Å². The van der Waals surface area contributed by atoms with Gasteiger partial charge in [-0.25, -0.2) is 0 Å². The third-order valence-electron chi connectivity index (χ3n) is 0.326. The predicted octanol–water partition coefficient (Wildman–Crippen LogP) is 4.55. The number of hydrogen-bond donors (Lipinski definition) is 0. The molecule has 0 aromatic rings. The van der Waals surface area contributed by atoms with Crippen LogP contribution in [-0.2, 0) is 4.52 Å². The van der Waals surface area contributed by atoms with Crippen LogP contribution in [0.15, 0.2) is 0 Å². The molecule has 0 amide bonds. The number of alkyl halides is 3. The molecule has 0 unspecified atom stereocenters. The molecule has 1 nitrogen and oxygen atoms in total. The molecule has 7 heteroatoms. The summed E-state index contributed by atoms with van der Waals surface area (Å²) in [5.41, 5.74) is 0. The monoisotopic (exact) mass is 380 g/mol. The van der Waals surface area contributed by atoms with Gasteiger partial charge in [-0.15, -0.1) is 0 Å². The van der Waals surface area contributed by atoms with Gasteiger partial charge in [-0.05, 0) is 22.5 Å². The highest BCUT2D eigenvalue weighted by Crippen LogP contribution is 2.50. The quantitative estimate of drug-likeness (QED) is 0.502. The highest BCUT2D eigenvalue weighted by molar-refractivity contribution is 9.39. The van der Waals surface area contributed by atoms with Crippen LogP contribution >= 0.6 is 77.1 Å². The molecule has 0 saturated heterocycles. The van der Waals surface area contributed by atoms with Gasteiger partial charge in [0, 0.05) is 0 Å². The van der Waals surface area contributed by atoms with Crippen LogP contribution in [0.3, 0.4) is 0 Å². The molecule has 0 aliphatic rings. The number of halogens is 5. The number of rotatable bonds is 2. The maximum absolute atomic E-state index is 5.33. The summed E-state index contributed by atoms with van der Waals surface area (Å²) in [5, 5.41) is 0. The molecular weight excluding hydrogens is 382 g/mol. The van der Waals surface area contributed by atoms with Crippen molar-refractivity contribution in [3.8, 4) is 0 Å². The van der Waals surface area contributed by atoms with Crippen molar-refractivity contribution >= 4 is 77.1 Å². The van der Waals surface area contributed by atoms with Gasteiger partial charge >= 0.3 is 0 Å². The highest BCUT2D eigenvalue weighted by atomic mass is 80.0. The summed E-state index contributed by atoms with van der Waals surface area (Å²) in [6, 6.07) is 0. The SMILES string of the molecule is ClP(Cl)OCC(Br)(Br)Br. The van der Waals surface area contributed by atoms with E-state index in [4.69, 9.17) is 27.0 Å². The van der Waals surface area contributed by atoms with E-state index in [9.17, 15) is 0 Å². The maximum atomic E-state index is 5.33. The van der Waals surface area contributed by atoms with Gasteiger partial charge in [0.1, 0.15) is 0 Å². The Kier molecular flexibility index (Phi) is 6.50. The first kappa shape index (κ1) is 11.4. The van der Waals surface area contributed by atoms with Gasteiger partial charge in [0.2, 0.25) is 6.85 Å². The fraction of sp³-hybridized carbons (Fsp3) is 1.00. The summed E-state index contributed by atoms with van der Waals surface area (Å²) in [4.78, 5) is 0. The molecular formula is C2H2Br3Cl2OP. The van der Waals surface area contributed by atoms with E-state index in [1.165, 1.54) is 0 Å². The molecule has 0 atom stereocenters. The van der Waals surface area contributed by atoms with E-state index in [0.29, 0.717) is 6.61 Å². The molecule has 0 aliphatic heterocycles. The van der Waals surface area contributed by atoms with E-state index < -0.39 is 9.00 Å². The third kappa shape index (κ3) is 10.4. The van der Waals surface area contributed by atoms with Crippen LogP contribution in [-0.4, -0.2) is 8.75 Å².